The van der Waals surface area contributed by atoms with Crippen molar-refractivity contribution >= 4 is 6.03 Å². The van der Waals surface area contributed by atoms with Crippen LogP contribution < -0.4 is 5.73 Å². The molecule has 4 rings (SSSR count). The molecule has 0 aliphatic carbocycles. The molecule has 0 aromatic heterocycles. The van der Waals surface area contributed by atoms with Crippen molar-refractivity contribution < 1.29 is 13.6 Å². The number of rotatable bonds is 2. The monoisotopic (exact) mass is 357 g/mol. The first-order chi connectivity index (χ1) is 12.5. The van der Waals surface area contributed by atoms with Gasteiger partial charge in [0.05, 0.1) is 19.1 Å². The molecule has 2 aliphatic rings. The van der Waals surface area contributed by atoms with Crippen LogP contribution in [0.3, 0.4) is 0 Å². The van der Waals surface area contributed by atoms with Crippen molar-refractivity contribution in [1.29, 1.82) is 0 Å². The number of likely N-dealkylation sites (tertiary alicyclic amines) is 1. The molecule has 2 aromatic carbocycles. The van der Waals surface area contributed by atoms with E-state index in [1.54, 1.807) is 17.0 Å². The number of carbonyl (C=O) groups excluding carboxylic acids is 1. The van der Waals surface area contributed by atoms with Gasteiger partial charge in [0, 0.05) is 13.1 Å². The summed E-state index contributed by atoms with van der Waals surface area (Å²) in [5.41, 5.74) is 7.02. The van der Waals surface area contributed by atoms with Gasteiger partial charge >= 0.3 is 6.03 Å². The lowest BCUT2D eigenvalue weighted by atomic mass is 9.88. The molecule has 2 N–H and O–H groups in total. The molecule has 0 spiro atoms. The van der Waals surface area contributed by atoms with Gasteiger partial charge in [0.25, 0.3) is 0 Å². The smallest absolute Gasteiger partial charge is 0.321 e. The second-order valence-electron chi connectivity index (χ2n) is 7.09. The third-order valence-corrected chi connectivity index (χ3v) is 5.30. The van der Waals surface area contributed by atoms with E-state index in [1.807, 2.05) is 18.2 Å². The largest absolute Gasteiger partial charge is 0.327 e. The van der Waals surface area contributed by atoms with Crippen LogP contribution in [0.1, 0.15) is 22.7 Å². The number of carbonyl (C=O) groups is 1. The Labute approximate surface area is 151 Å². The summed E-state index contributed by atoms with van der Waals surface area (Å²) in [6, 6.07) is 13.7. The van der Waals surface area contributed by atoms with Crippen molar-refractivity contribution in [2.45, 2.75) is 18.1 Å². The van der Waals surface area contributed by atoms with Crippen LogP contribution in [0.2, 0.25) is 0 Å². The van der Waals surface area contributed by atoms with E-state index in [0.29, 0.717) is 6.54 Å². The van der Waals surface area contributed by atoms with Crippen LogP contribution in [0.5, 0.6) is 0 Å². The molecule has 0 saturated carbocycles. The molecule has 26 heavy (non-hydrogen) atoms. The Morgan fingerprint density at radius 3 is 2.54 bits per heavy atom. The number of benzene rings is 2. The first-order valence-electron chi connectivity index (χ1n) is 8.78. The van der Waals surface area contributed by atoms with Crippen LogP contribution in [0.15, 0.2) is 48.5 Å². The van der Waals surface area contributed by atoms with Gasteiger partial charge in [-0.1, -0.05) is 36.4 Å². The van der Waals surface area contributed by atoms with E-state index in [9.17, 15) is 13.6 Å². The molecule has 2 aliphatic heterocycles. The molecule has 2 heterocycles. The molecule has 2 aromatic rings. The fraction of sp³-hybridized carbons (Fsp3) is 0.350. The quantitative estimate of drug-likeness (QED) is 0.899. The Morgan fingerprint density at radius 1 is 1.15 bits per heavy atom. The fourth-order valence-corrected chi connectivity index (χ4v) is 3.86. The average molecular weight is 357 g/mol. The standard InChI is InChI=1S/C20H21F2N3O/c21-16-7-5-15(6-8-16)18-17-4-2-1-3-14(17)9-10-25(18)19(26)24-12-20(22,11-23)13-24/h1-8,18H,9-13,23H2. The minimum Gasteiger partial charge on any atom is -0.327 e. The first kappa shape index (κ1) is 17.0. The molecule has 1 atom stereocenters. The zero-order valence-corrected chi connectivity index (χ0v) is 14.4. The van der Waals surface area contributed by atoms with Gasteiger partial charge in [-0.05, 0) is 35.2 Å². The summed E-state index contributed by atoms with van der Waals surface area (Å²) in [6.45, 7) is 0.505. The Bertz CT molecular complexity index is 818. The molecule has 1 unspecified atom stereocenters. The number of halogens is 2. The highest BCUT2D eigenvalue weighted by Crippen LogP contribution is 2.37. The van der Waals surface area contributed by atoms with Crippen molar-refractivity contribution in [2.75, 3.05) is 26.2 Å². The summed E-state index contributed by atoms with van der Waals surface area (Å²) >= 11 is 0. The molecule has 4 nitrogen and oxygen atoms in total. The predicted molar refractivity (Wildman–Crippen MR) is 95.0 cm³/mol. The minimum atomic E-state index is -1.48. The van der Waals surface area contributed by atoms with Gasteiger partial charge in [-0.2, -0.15) is 0 Å². The van der Waals surface area contributed by atoms with Crippen molar-refractivity contribution in [1.82, 2.24) is 9.80 Å². The topological polar surface area (TPSA) is 49.6 Å². The zero-order chi connectivity index (χ0) is 18.3. The van der Waals surface area contributed by atoms with Gasteiger partial charge in [-0.3, -0.25) is 0 Å². The molecular weight excluding hydrogens is 336 g/mol. The minimum absolute atomic E-state index is 0.0244. The predicted octanol–water partition coefficient (Wildman–Crippen LogP) is 2.88. The molecule has 1 fully saturated rings. The first-order valence-corrected chi connectivity index (χ1v) is 8.78. The van der Waals surface area contributed by atoms with Crippen molar-refractivity contribution in [3.8, 4) is 0 Å². The number of hydrogen-bond acceptors (Lipinski definition) is 2. The summed E-state index contributed by atoms with van der Waals surface area (Å²) in [6.07, 6.45) is 0.741. The Hall–Kier alpha value is -2.47. The maximum absolute atomic E-state index is 14.1. The lowest BCUT2D eigenvalue weighted by Gasteiger charge is -2.48. The molecule has 2 amide bonds. The van der Waals surface area contributed by atoms with E-state index in [0.717, 1.165) is 17.5 Å². The molecular formula is C20H21F2N3O. The lowest BCUT2D eigenvalue weighted by molar-refractivity contribution is -0.0111. The second-order valence-corrected chi connectivity index (χ2v) is 7.09. The highest BCUT2D eigenvalue weighted by Gasteiger charge is 2.47. The molecule has 6 heteroatoms. The van der Waals surface area contributed by atoms with Gasteiger partial charge < -0.3 is 15.5 Å². The van der Waals surface area contributed by atoms with Crippen LogP contribution in [0.4, 0.5) is 13.6 Å². The van der Waals surface area contributed by atoms with Crippen molar-refractivity contribution in [3.05, 3.63) is 71.0 Å². The van der Waals surface area contributed by atoms with Gasteiger partial charge in [0.15, 0.2) is 5.67 Å². The molecule has 0 bridgehead atoms. The number of alkyl halides is 1. The Kier molecular flexibility index (Phi) is 4.15. The van der Waals surface area contributed by atoms with Crippen molar-refractivity contribution in [3.63, 3.8) is 0 Å². The number of amides is 2. The summed E-state index contributed by atoms with van der Waals surface area (Å²) in [4.78, 5) is 16.3. The van der Waals surface area contributed by atoms with E-state index in [1.165, 1.54) is 22.6 Å². The van der Waals surface area contributed by atoms with E-state index < -0.39 is 5.67 Å². The third-order valence-electron chi connectivity index (χ3n) is 5.30. The average Bonchev–Trinajstić information content (AvgIpc) is 2.65. The number of fused-ring (bicyclic) bond motifs is 1. The number of nitrogens with zero attached hydrogens (tertiary/aromatic N) is 2. The number of nitrogens with two attached hydrogens (primary N) is 1. The van der Waals surface area contributed by atoms with Crippen LogP contribution >= 0.6 is 0 Å². The van der Waals surface area contributed by atoms with Gasteiger partial charge in [-0.15, -0.1) is 0 Å². The van der Waals surface area contributed by atoms with Crippen LogP contribution in [0.25, 0.3) is 0 Å². The van der Waals surface area contributed by atoms with E-state index in [-0.39, 0.29) is 37.5 Å². The fourth-order valence-electron chi connectivity index (χ4n) is 3.86. The lowest BCUT2D eigenvalue weighted by Crippen LogP contribution is -2.66. The van der Waals surface area contributed by atoms with Gasteiger partial charge in [0.2, 0.25) is 0 Å². The van der Waals surface area contributed by atoms with E-state index >= 15 is 0 Å². The van der Waals surface area contributed by atoms with Crippen LogP contribution in [-0.4, -0.2) is 47.7 Å². The number of urea groups is 1. The zero-order valence-electron chi connectivity index (χ0n) is 14.4. The summed E-state index contributed by atoms with van der Waals surface area (Å²) < 4.78 is 27.5. The van der Waals surface area contributed by atoms with E-state index in [2.05, 4.69) is 6.07 Å². The van der Waals surface area contributed by atoms with Gasteiger partial charge in [-0.25, -0.2) is 13.6 Å². The molecule has 0 radical (unpaired) electrons. The normalized spacial score (nSPS) is 21.1. The summed E-state index contributed by atoms with van der Waals surface area (Å²) in [5, 5.41) is 0. The van der Waals surface area contributed by atoms with Crippen LogP contribution in [0, 0.1) is 5.82 Å². The Morgan fingerprint density at radius 2 is 1.85 bits per heavy atom. The number of hydrogen-bond donors (Lipinski definition) is 1. The molecule has 1 saturated heterocycles. The maximum atomic E-state index is 14.1. The highest BCUT2D eigenvalue weighted by atomic mass is 19.1. The van der Waals surface area contributed by atoms with Crippen LogP contribution in [-0.2, 0) is 6.42 Å². The molecule has 136 valence electrons. The Balaban J connectivity index is 1.67. The second kappa shape index (κ2) is 6.36. The maximum Gasteiger partial charge on any atom is 0.321 e. The summed E-state index contributed by atoms with van der Waals surface area (Å²) in [7, 11) is 0. The SMILES string of the molecule is NCC1(F)CN(C(=O)N2CCc3ccccc3C2c2ccc(F)cc2)C1. The van der Waals surface area contributed by atoms with Crippen molar-refractivity contribution in [2.24, 2.45) is 5.73 Å². The third kappa shape index (κ3) is 2.84. The summed E-state index contributed by atoms with van der Waals surface area (Å²) in [5.74, 6) is -0.316. The van der Waals surface area contributed by atoms with Gasteiger partial charge in [0.1, 0.15) is 5.82 Å². The highest BCUT2D eigenvalue weighted by molar-refractivity contribution is 5.77. The van der Waals surface area contributed by atoms with E-state index in [4.69, 9.17) is 5.73 Å².